The van der Waals surface area contributed by atoms with Crippen molar-refractivity contribution in [3.63, 3.8) is 0 Å². The first-order valence-electron chi connectivity index (χ1n) is 18.9. The third-order valence-corrected chi connectivity index (χ3v) is 10.5. The van der Waals surface area contributed by atoms with Crippen molar-refractivity contribution in [3.8, 4) is 11.5 Å². The largest absolute Gasteiger partial charge is 0.457 e. The molecular weight excluding hydrogens is 711 g/mol. The summed E-state index contributed by atoms with van der Waals surface area (Å²) in [4.78, 5) is 59.6. The molecule has 5 N–H and O–H groups in total. The number of nitrogens with one attached hydrogen (secondary N) is 5. The Hall–Kier alpha value is -5.25. The molecule has 0 spiro atoms. The number of amides is 4. The lowest BCUT2D eigenvalue weighted by Crippen LogP contribution is -2.54. The van der Waals surface area contributed by atoms with Gasteiger partial charge in [-0.05, 0) is 67.0 Å². The van der Waals surface area contributed by atoms with Crippen LogP contribution in [0.15, 0.2) is 40.3 Å². The molecule has 4 heterocycles. The number of rotatable bonds is 16. The van der Waals surface area contributed by atoms with Crippen molar-refractivity contribution >= 4 is 36.0 Å². The second-order valence-electron chi connectivity index (χ2n) is 14.6. The summed E-state index contributed by atoms with van der Waals surface area (Å²) in [5.74, 6) is 2.10. The number of carbonyl (C=O) groups excluding carboxylic acids is 4. The Morgan fingerprint density at radius 3 is 2.62 bits per heavy atom. The SMILES string of the molecule is COC[C@H](NC(=O)OC)C(=O)N1CCC[C@H]1C1=NCC(c2ccc3c(c2)Cc2cc(F)c(C4CN=C(CCCCNC(=O)[C@@H](NC=O)C(C)C)N4)cc2O3)N1. The molecule has 0 radical (unpaired) electrons. The summed E-state index contributed by atoms with van der Waals surface area (Å²) in [7, 11) is 2.72. The Morgan fingerprint density at radius 1 is 1.05 bits per heavy atom. The van der Waals surface area contributed by atoms with Crippen molar-refractivity contribution in [2.45, 2.75) is 82.6 Å². The Balaban J connectivity index is 1.01. The van der Waals surface area contributed by atoms with Gasteiger partial charge in [-0.15, -0.1) is 0 Å². The summed E-state index contributed by atoms with van der Waals surface area (Å²) in [5, 5.41) is 14.9. The van der Waals surface area contributed by atoms with Gasteiger partial charge in [-0.1, -0.05) is 19.9 Å². The van der Waals surface area contributed by atoms with Gasteiger partial charge in [0.2, 0.25) is 18.2 Å². The van der Waals surface area contributed by atoms with Gasteiger partial charge in [-0.3, -0.25) is 24.4 Å². The summed E-state index contributed by atoms with van der Waals surface area (Å²) < 4.78 is 31.8. The van der Waals surface area contributed by atoms with Crippen molar-refractivity contribution in [1.29, 1.82) is 0 Å². The molecule has 4 amide bonds. The second kappa shape index (κ2) is 17.9. The highest BCUT2D eigenvalue weighted by atomic mass is 19.1. The Morgan fingerprint density at radius 2 is 1.85 bits per heavy atom. The van der Waals surface area contributed by atoms with Crippen molar-refractivity contribution in [2.24, 2.45) is 15.9 Å². The van der Waals surface area contributed by atoms with Crippen molar-refractivity contribution in [1.82, 2.24) is 31.5 Å². The molecule has 0 aromatic heterocycles. The third-order valence-electron chi connectivity index (χ3n) is 10.5. The molecule has 15 nitrogen and oxygen atoms in total. The van der Waals surface area contributed by atoms with E-state index in [4.69, 9.17) is 19.2 Å². The van der Waals surface area contributed by atoms with Crippen molar-refractivity contribution in [3.05, 3.63) is 58.4 Å². The number of benzene rings is 2. The maximum atomic E-state index is 15.6. The maximum absolute atomic E-state index is 15.6. The minimum atomic E-state index is -0.873. The number of likely N-dealkylation sites (tertiary alicyclic amines) is 1. The van der Waals surface area contributed by atoms with Gasteiger partial charge in [0.15, 0.2) is 0 Å². The summed E-state index contributed by atoms with van der Waals surface area (Å²) in [5.41, 5.74) is 3.22. The smallest absolute Gasteiger partial charge is 0.407 e. The van der Waals surface area contributed by atoms with Gasteiger partial charge < -0.3 is 45.7 Å². The lowest BCUT2D eigenvalue weighted by Gasteiger charge is -2.29. The molecule has 16 heteroatoms. The normalized spacial score (nSPS) is 20.8. The summed E-state index contributed by atoms with van der Waals surface area (Å²) >= 11 is 0. The topological polar surface area (TPSA) is 184 Å². The number of methoxy groups -OCH3 is 2. The molecule has 4 aliphatic rings. The molecule has 2 unspecified atom stereocenters. The quantitative estimate of drug-likeness (QED) is 0.108. The van der Waals surface area contributed by atoms with E-state index in [1.807, 2.05) is 26.0 Å². The van der Waals surface area contributed by atoms with Gasteiger partial charge in [0.1, 0.15) is 35.2 Å². The highest BCUT2D eigenvalue weighted by molar-refractivity contribution is 5.95. The standard InChI is InChI=1S/C39H51FN8O7/c1-22(2)35(44-21-49)37(50)41-12-6-5-9-34-42-19-29(45-34)26-17-33-25(16-27(26)40)15-24-14-23(10-11-32(24)55-33)28-18-43-36(46-28)31-8-7-13-48(31)38(51)30(20-53-3)47-39(52)54-4/h10-11,14,16-17,21-22,28-31,35H,5-9,12-13,15,18-20H2,1-4H3,(H,41,50)(H,42,45)(H,43,46)(H,44,49)(H,47,52)/t28?,29?,30-,31-,35-/m0/s1. The molecule has 2 aromatic rings. The van der Waals surface area contributed by atoms with E-state index in [0.717, 1.165) is 54.0 Å². The van der Waals surface area contributed by atoms with Crippen LogP contribution in [0.5, 0.6) is 11.5 Å². The molecule has 0 bridgehead atoms. The number of unbranched alkanes of at least 4 members (excludes halogenated alkanes) is 1. The lowest BCUT2D eigenvalue weighted by molar-refractivity contribution is -0.134. The first-order chi connectivity index (χ1) is 26.6. The van der Waals surface area contributed by atoms with E-state index in [0.29, 0.717) is 62.5 Å². The molecule has 4 aliphatic heterocycles. The van der Waals surface area contributed by atoms with Gasteiger partial charge in [0, 0.05) is 44.2 Å². The summed E-state index contributed by atoms with van der Waals surface area (Å²) in [6.07, 6.45) is 4.11. The third kappa shape index (κ3) is 9.18. The minimum Gasteiger partial charge on any atom is -0.457 e. The number of amidine groups is 2. The summed E-state index contributed by atoms with van der Waals surface area (Å²) in [6.45, 7) is 5.72. The Kier molecular flexibility index (Phi) is 12.9. The molecule has 0 aliphatic carbocycles. The van der Waals surface area contributed by atoms with Gasteiger partial charge >= 0.3 is 6.09 Å². The van der Waals surface area contributed by atoms with Crippen molar-refractivity contribution in [2.75, 3.05) is 47.0 Å². The van der Waals surface area contributed by atoms with Crippen LogP contribution < -0.4 is 31.3 Å². The number of halogens is 1. The van der Waals surface area contributed by atoms with E-state index in [1.165, 1.54) is 14.2 Å². The molecule has 55 heavy (non-hydrogen) atoms. The van der Waals surface area contributed by atoms with Crippen LogP contribution >= 0.6 is 0 Å². The van der Waals surface area contributed by atoms with Crippen LogP contribution in [0.1, 0.15) is 80.3 Å². The molecule has 2 aromatic carbocycles. The van der Waals surface area contributed by atoms with Crippen LogP contribution in [-0.4, -0.2) is 106 Å². The molecule has 0 saturated carbocycles. The first kappa shape index (κ1) is 39.4. The number of alkyl carbamates (subject to hydrolysis) is 1. The zero-order valence-corrected chi connectivity index (χ0v) is 31.8. The number of fused-ring (bicyclic) bond motifs is 2. The van der Waals surface area contributed by atoms with Crippen molar-refractivity contribution < 1.29 is 37.8 Å². The second-order valence-corrected chi connectivity index (χ2v) is 14.6. The fraction of sp³-hybridized carbons (Fsp3) is 0.538. The highest BCUT2D eigenvalue weighted by Crippen LogP contribution is 2.40. The van der Waals surface area contributed by atoms with E-state index >= 15 is 4.39 Å². The molecule has 1 saturated heterocycles. The van der Waals surface area contributed by atoms with Crippen LogP contribution in [0.25, 0.3) is 0 Å². The predicted molar refractivity (Wildman–Crippen MR) is 203 cm³/mol. The van der Waals surface area contributed by atoms with E-state index in [9.17, 15) is 19.2 Å². The van der Waals surface area contributed by atoms with E-state index < -0.39 is 18.2 Å². The van der Waals surface area contributed by atoms with Crippen LogP contribution in [-0.2, 0) is 30.3 Å². The fourth-order valence-corrected chi connectivity index (χ4v) is 7.60. The molecule has 296 valence electrons. The van der Waals surface area contributed by atoms with Gasteiger partial charge in [-0.2, -0.15) is 0 Å². The Bertz CT molecular complexity index is 1820. The summed E-state index contributed by atoms with van der Waals surface area (Å²) in [6, 6.07) is 7.25. The van der Waals surface area contributed by atoms with Gasteiger partial charge in [-0.25, -0.2) is 9.18 Å². The highest BCUT2D eigenvalue weighted by Gasteiger charge is 2.39. The van der Waals surface area contributed by atoms with Crippen LogP contribution in [0.3, 0.4) is 0 Å². The first-order valence-corrected chi connectivity index (χ1v) is 18.9. The van der Waals surface area contributed by atoms with E-state index in [-0.39, 0.29) is 48.3 Å². The number of hydrogen-bond acceptors (Lipinski definition) is 11. The average Bonchev–Trinajstić information content (AvgIpc) is 3.97. The zero-order valence-electron chi connectivity index (χ0n) is 31.8. The average molecular weight is 763 g/mol. The van der Waals surface area contributed by atoms with Crippen LogP contribution in [0.4, 0.5) is 9.18 Å². The maximum Gasteiger partial charge on any atom is 0.407 e. The van der Waals surface area contributed by atoms with E-state index in [2.05, 4.69) is 37.6 Å². The monoisotopic (exact) mass is 762 g/mol. The Labute approximate surface area is 320 Å². The van der Waals surface area contributed by atoms with Crippen LogP contribution in [0.2, 0.25) is 0 Å². The van der Waals surface area contributed by atoms with Gasteiger partial charge in [0.05, 0.1) is 50.8 Å². The molecule has 6 rings (SSSR count). The number of aliphatic imine (C=N–C) groups is 2. The zero-order chi connectivity index (χ0) is 39.1. The molecule has 1 fully saturated rings. The predicted octanol–water partition coefficient (Wildman–Crippen LogP) is 3.03. The van der Waals surface area contributed by atoms with Crippen LogP contribution in [0, 0.1) is 11.7 Å². The minimum absolute atomic E-state index is 0.0160. The molecule has 5 atom stereocenters. The van der Waals surface area contributed by atoms with Gasteiger partial charge in [0.25, 0.3) is 0 Å². The lowest BCUT2D eigenvalue weighted by atomic mass is 9.94. The number of ether oxygens (including phenoxy) is 3. The number of carbonyl (C=O) groups is 4. The molecular formula is C39H51FN8O7. The fourth-order valence-electron chi connectivity index (χ4n) is 7.60. The number of nitrogens with zero attached hydrogens (tertiary/aromatic N) is 3. The number of hydrogen-bond donors (Lipinski definition) is 5. The van der Waals surface area contributed by atoms with E-state index in [1.54, 1.807) is 17.0 Å².